The smallest absolute Gasteiger partial charge is 0.255 e. The topological polar surface area (TPSA) is 54.3 Å². The van der Waals surface area contributed by atoms with Gasteiger partial charge in [0.05, 0.1) is 11.2 Å². The summed E-state index contributed by atoms with van der Waals surface area (Å²) in [5.41, 5.74) is 3.54. The lowest BCUT2D eigenvalue weighted by atomic mass is 10.0. The highest BCUT2D eigenvalue weighted by atomic mass is 16.2. The number of amides is 2. The van der Waals surface area contributed by atoms with Gasteiger partial charge in [0.25, 0.3) is 5.91 Å². The number of nitrogens with zero attached hydrogens (tertiary/aromatic N) is 2. The standard InChI is InChI=1S/C24H27N3O2/c1-15(2)22(27-14-17-8-5-6-9-18(17)24(27)29)23(28)25-20-10-7-11-21-19(20)12-13-26(21)16(3)4/h5-13,15-16,22H,14H2,1-4H3,(H,25,28). The molecule has 1 atom stereocenters. The number of aromatic nitrogens is 1. The number of hydrogen-bond donors (Lipinski definition) is 1. The largest absolute Gasteiger partial charge is 0.345 e. The number of carbonyl (C=O) groups excluding carboxylic acids is 2. The zero-order valence-electron chi connectivity index (χ0n) is 17.3. The molecule has 0 bridgehead atoms. The van der Waals surface area contributed by atoms with Crippen LogP contribution in [0.4, 0.5) is 5.69 Å². The second-order valence-corrected chi connectivity index (χ2v) is 8.32. The minimum atomic E-state index is -0.530. The van der Waals surface area contributed by atoms with E-state index in [9.17, 15) is 9.59 Å². The zero-order chi connectivity index (χ0) is 20.7. The SMILES string of the molecule is CC(C)C(C(=O)Nc1cccc2c1ccn2C(C)C)N1Cc2ccccc2C1=O. The van der Waals surface area contributed by atoms with Crippen LogP contribution in [0.5, 0.6) is 0 Å². The van der Waals surface area contributed by atoms with Gasteiger partial charge in [0.1, 0.15) is 6.04 Å². The van der Waals surface area contributed by atoms with E-state index in [0.717, 1.165) is 22.2 Å². The molecule has 1 N–H and O–H groups in total. The van der Waals surface area contributed by atoms with Gasteiger partial charge in [-0.05, 0) is 49.6 Å². The molecule has 2 heterocycles. The van der Waals surface area contributed by atoms with Crippen LogP contribution in [0.2, 0.25) is 0 Å². The van der Waals surface area contributed by atoms with Gasteiger partial charge in [-0.25, -0.2) is 0 Å². The maximum atomic E-state index is 13.3. The lowest BCUT2D eigenvalue weighted by Gasteiger charge is -2.30. The summed E-state index contributed by atoms with van der Waals surface area (Å²) in [7, 11) is 0. The lowest BCUT2D eigenvalue weighted by Crippen LogP contribution is -2.47. The average molecular weight is 389 g/mol. The Bertz CT molecular complexity index is 1080. The van der Waals surface area contributed by atoms with Gasteiger partial charge < -0.3 is 14.8 Å². The quantitative estimate of drug-likeness (QED) is 0.679. The summed E-state index contributed by atoms with van der Waals surface area (Å²) in [6.45, 7) is 8.71. The molecule has 0 radical (unpaired) electrons. The van der Waals surface area contributed by atoms with E-state index in [1.807, 2.05) is 62.5 Å². The van der Waals surface area contributed by atoms with E-state index < -0.39 is 6.04 Å². The first-order chi connectivity index (χ1) is 13.9. The van der Waals surface area contributed by atoms with Crippen LogP contribution in [-0.2, 0) is 11.3 Å². The Labute approximate surface area is 171 Å². The summed E-state index contributed by atoms with van der Waals surface area (Å²) in [6.07, 6.45) is 2.05. The van der Waals surface area contributed by atoms with Crippen LogP contribution >= 0.6 is 0 Å². The van der Waals surface area contributed by atoms with Crippen LogP contribution < -0.4 is 5.32 Å². The molecule has 0 aliphatic carbocycles. The van der Waals surface area contributed by atoms with Crippen molar-refractivity contribution >= 4 is 28.4 Å². The predicted molar refractivity (Wildman–Crippen MR) is 116 cm³/mol. The summed E-state index contributed by atoms with van der Waals surface area (Å²) in [5.74, 6) is -0.225. The molecule has 1 aliphatic heterocycles. The van der Waals surface area contributed by atoms with Crippen molar-refractivity contribution in [2.45, 2.75) is 46.3 Å². The Morgan fingerprint density at radius 2 is 1.76 bits per heavy atom. The molecule has 2 aromatic carbocycles. The molecule has 29 heavy (non-hydrogen) atoms. The van der Waals surface area contributed by atoms with Crippen molar-refractivity contribution in [2.24, 2.45) is 5.92 Å². The van der Waals surface area contributed by atoms with Crippen LogP contribution in [-0.4, -0.2) is 27.3 Å². The summed E-state index contributed by atoms with van der Waals surface area (Å²) in [4.78, 5) is 27.9. The number of benzene rings is 2. The number of anilines is 1. The molecule has 0 fully saturated rings. The van der Waals surface area contributed by atoms with E-state index in [-0.39, 0.29) is 17.7 Å². The Morgan fingerprint density at radius 3 is 2.45 bits per heavy atom. The third-order valence-electron chi connectivity index (χ3n) is 5.66. The first-order valence-corrected chi connectivity index (χ1v) is 10.2. The normalized spacial score (nSPS) is 14.7. The van der Waals surface area contributed by atoms with Crippen molar-refractivity contribution in [3.8, 4) is 0 Å². The number of carbonyl (C=O) groups is 2. The van der Waals surface area contributed by atoms with Gasteiger partial charge >= 0.3 is 0 Å². The fourth-order valence-electron chi connectivity index (χ4n) is 4.26. The van der Waals surface area contributed by atoms with Gasteiger partial charge in [0.15, 0.2) is 0 Å². The average Bonchev–Trinajstić information content (AvgIpc) is 3.25. The minimum Gasteiger partial charge on any atom is -0.345 e. The molecule has 1 aromatic heterocycles. The highest BCUT2D eigenvalue weighted by Crippen LogP contribution is 2.30. The van der Waals surface area contributed by atoms with Crippen LogP contribution in [0.1, 0.15) is 49.7 Å². The fraction of sp³-hybridized carbons (Fsp3) is 0.333. The third kappa shape index (κ3) is 3.31. The van der Waals surface area contributed by atoms with Crippen molar-refractivity contribution in [3.63, 3.8) is 0 Å². The summed E-state index contributed by atoms with van der Waals surface area (Å²) >= 11 is 0. The van der Waals surface area contributed by atoms with Crippen molar-refractivity contribution in [1.82, 2.24) is 9.47 Å². The minimum absolute atomic E-state index is 0.00673. The van der Waals surface area contributed by atoms with Crippen LogP contribution in [0.25, 0.3) is 10.9 Å². The molecule has 0 saturated carbocycles. The van der Waals surface area contributed by atoms with E-state index in [1.54, 1.807) is 4.90 Å². The molecule has 5 heteroatoms. The number of hydrogen-bond acceptors (Lipinski definition) is 2. The molecule has 150 valence electrons. The number of nitrogens with one attached hydrogen (secondary N) is 1. The molecular formula is C24H27N3O2. The molecule has 4 rings (SSSR count). The van der Waals surface area contributed by atoms with Gasteiger partial charge in [0, 0.05) is 29.7 Å². The Balaban J connectivity index is 1.63. The van der Waals surface area contributed by atoms with E-state index >= 15 is 0 Å². The first kappa shape index (κ1) is 19.2. The van der Waals surface area contributed by atoms with Gasteiger partial charge in [-0.15, -0.1) is 0 Å². The third-order valence-corrected chi connectivity index (χ3v) is 5.66. The van der Waals surface area contributed by atoms with Crippen molar-refractivity contribution in [2.75, 3.05) is 5.32 Å². The van der Waals surface area contributed by atoms with E-state index in [1.165, 1.54) is 0 Å². The second kappa shape index (κ2) is 7.39. The van der Waals surface area contributed by atoms with Gasteiger partial charge in [-0.2, -0.15) is 0 Å². The van der Waals surface area contributed by atoms with Crippen LogP contribution in [0.15, 0.2) is 54.7 Å². The van der Waals surface area contributed by atoms with Gasteiger partial charge in [0.2, 0.25) is 5.91 Å². The Morgan fingerprint density at radius 1 is 1.00 bits per heavy atom. The predicted octanol–water partition coefficient (Wildman–Crippen LogP) is 4.84. The van der Waals surface area contributed by atoms with E-state index in [0.29, 0.717) is 18.2 Å². The van der Waals surface area contributed by atoms with Crippen LogP contribution in [0.3, 0.4) is 0 Å². The van der Waals surface area contributed by atoms with Crippen molar-refractivity contribution in [3.05, 3.63) is 65.9 Å². The monoisotopic (exact) mass is 389 g/mol. The molecule has 5 nitrogen and oxygen atoms in total. The number of fused-ring (bicyclic) bond motifs is 2. The van der Waals surface area contributed by atoms with E-state index in [4.69, 9.17) is 0 Å². The lowest BCUT2D eigenvalue weighted by molar-refractivity contribution is -0.122. The van der Waals surface area contributed by atoms with Crippen molar-refractivity contribution < 1.29 is 9.59 Å². The highest BCUT2D eigenvalue weighted by Gasteiger charge is 2.38. The summed E-state index contributed by atoms with van der Waals surface area (Å²) in [6, 6.07) is 15.4. The highest BCUT2D eigenvalue weighted by molar-refractivity contribution is 6.06. The van der Waals surface area contributed by atoms with Gasteiger partial charge in [-0.1, -0.05) is 38.1 Å². The Hall–Kier alpha value is -3.08. The van der Waals surface area contributed by atoms with Crippen LogP contribution in [0, 0.1) is 5.92 Å². The Kier molecular flexibility index (Phi) is 4.91. The maximum absolute atomic E-state index is 13.3. The van der Waals surface area contributed by atoms with E-state index in [2.05, 4.69) is 29.8 Å². The molecule has 1 aliphatic rings. The molecule has 3 aromatic rings. The first-order valence-electron chi connectivity index (χ1n) is 10.2. The van der Waals surface area contributed by atoms with Crippen molar-refractivity contribution in [1.29, 1.82) is 0 Å². The molecule has 0 spiro atoms. The fourth-order valence-corrected chi connectivity index (χ4v) is 4.26. The molecule has 2 amide bonds. The second-order valence-electron chi connectivity index (χ2n) is 8.32. The van der Waals surface area contributed by atoms with Gasteiger partial charge in [-0.3, -0.25) is 9.59 Å². The summed E-state index contributed by atoms with van der Waals surface area (Å²) < 4.78 is 2.19. The maximum Gasteiger partial charge on any atom is 0.255 e. The summed E-state index contributed by atoms with van der Waals surface area (Å²) in [5, 5.41) is 4.10. The molecular weight excluding hydrogens is 362 g/mol. The zero-order valence-corrected chi connectivity index (χ0v) is 17.3. The molecule has 1 unspecified atom stereocenters. The molecule has 0 saturated heterocycles. The number of rotatable bonds is 5.